The lowest BCUT2D eigenvalue weighted by Gasteiger charge is -2.09. The second-order valence-electron chi connectivity index (χ2n) is 4.43. The van der Waals surface area contributed by atoms with Crippen molar-refractivity contribution in [1.29, 1.82) is 0 Å². The normalized spacial score (nSPS) is 18.2. The Morgan fingerprint density at radius 1 is 1.47 bits per heavy atom. The van der Waals surface area contributed by atoms with E-state index in [9.17, 15) is 4.79 Å². The molecule has 1 aromatic carbocycles. The molecule has 1 atom stereocenters. The minimum Gasteiger partial charge on any atom is -0.382 e. The van der Waals surface area contributed by atoms with Crippen LogP contribution in [-0.4, -0.2) is 26.5 Å². The minimum absolute atomic E-state index is 0.142. The van der Waals surface area contributed by atoms with Gasteiger partial charge in [-0.2, -0.15) is 8.75 Å². The van der Waals surface area contributed by atoms with E-state index in [2.05, 4.69) is 19.2 Å². The molecule has 19 heavy (non-hydrogen) atoms. The molecular formula is C12H12N4O2S. The van der Waals surface area contributed by atoms with Crippen molar-refractivity contribution in [3.63, 3.8) is 0 Å². The zero-order valence-electron chi connectivity index (χ0n) is 10.3. The van der Waals surface area contributed by atoms with Crippen molar-refractivity contribution in [2.45, 2.75) is 26.0 Å². The molecule has 0 aliphatic carbocycles. The summed E-state index contributed by atoms with van der Waals surface area (Å²) in [5.41, 5.74) is 3.57. The first kappa shape index (κ1) is 12.0. The second-order valence-corrected chi connectivity index (χ2v) is 4.96. The molecule has 1 amide bonds. The van der Waals surface area contributed by atoms with Gasteiger partial charge in [0.05, 0.1) is 17.4 Å². The molecule has 0 fully saturated rings. The predicted octanol–water partition coefficient (Wildman–Crippen LogP) is 1.47. The Morgan fingerprint density at radius 2 is 2.32 bits per heavy atom. The number of aromatic nitrogens is 2. The maximum atomic E-state index is 11.8. The number of oxime groups is 1. The van der Waals surface area contributed by atoms with E-state index < -0.39 is 6.10 Å². The predicted molar refractivity (Wildman–Crippen MR) is 71.9 cm³/mol. The highest BCUT2D eigenvalue weighted by Crippen LogP contribution is 2.14. The van der Waals surface area contributed by atoms with Crippen LogP contribution < -0.4 is 5.32 Å². The Balaban J connectivity index is 1.61. The van der Waals surface area contributed by atoms with Crippen molar-refractivity contribution in [3.8, 4) is 0 Å². The molecular weight excluding hydrogens is 264 g/mol. The fourth-order valence-corrected chi connectivity index (χ4v) is 2.40. The van der Waals surface area contributed by atoms with E-state index >= 15 is 0 Å². The first-order valence-corrected chi connectivity index (χ1v) is 6.63. The fourth-order valence-electron chi connectivity index (χ4n) is 1.88. The number of hydrogen-bond acceptors (Lipinski definition) is 6. The summed E-state index contributed by atoms with van der Waals surface area (Å²) in [5, 5.41) is 6.60. The van der Waals surface area contributed by atoms with Crippen molar-refractivity contribution in [3.05, 3.63) is 23.8 Å². The average Bonchev–Trinajstić information content (AvgIpc) is 3.03. The number of nitrogens with one attached hydrogen (secondary N) is 1. The first-order valence-electron chi connectivity index (χ1n) is 5.90. The third-order valence-corrected chi connectivity index (χ3v) is 3.45. The van der Waals surface area contributed by atoms with Crippen LogP contribution in [0, 0.1) is 0 Å². The molecule has 0 radical (unpaired) electrons. The van der Waals surface area contributed by atoms with E-state index in [0.717, 1.165) is 22.3 Å². The van der Waals surface area contributed by atoms with Crippen molar-refractivity contribution in [2.24, 2.45) is 5.16 Å². The summed E-state index contributed by atoms with van der Waals surface area (Å²) in [7, 11) is 0. The Labute approximate surface area is 113 Å². The molecule has 0 bridgehead atoms. The van der Waals surface area contributed by atoms with Crippen LogP contribution in [0.5, 0.6) is 0 Å². The van der Waals surface area contributed by atoms with E-state index in [1.165, 1.54) is 11.7 Å². The SMILES string of the molecule is CC1=NO[C@@H](C(=O)NCc2ccc3nsnc3c2)C1. The third-order valence-electron chi connectivity index (χ3n) is 2.89. The van der Waals surface area contributed by atoms with Gasteiger partial charge in [0.2, 0.25) is 6.10 Å². The number of carbonyl (C=O) groups is 1. The van der Waals surface area contributed by atoms with E-state index in [1.54, 1.807) is 0 Å². The summed E-state index contributed by atoms with van der Waals surface area (Å²) < 4.78 is 8.30. The Kier molecular flexibility index (Phi) is 3.12. The number of benzene rings is 1. The zero-order valence-corrected chi connectivity index (χ0v) is 11.1. The van der Waals surface area contributed by atoms with Gasteiger partial charge in [-0.3, -0.25) is 4.79 Å². The van der Waals surface area contributed by atoms with Gasteiger partial charge in [0.25, 0.3) is 5.91 Å². The molecule has 0 unspecified atom stereocenters. The summed E-state index contributed by atoms with van der Waals surface area (Å²) in [6.45, 7) is 2.29. The van der Waals surface area contributed by atoms with Crippen molar-refractivity contribution >= 4 is 34.4 Å². The highest BCUT2D eigenvalue weighted by atomic mass is 32.1. The van der Waals surface area contributed by atoms with Crippen molar-refractivity contribution in [2.75, 3.05) is 0 Å². The van der Waals surface area contributed by atoms with Crippen LogP contribution in [0.15, 0.2) is 23.4 Å². The Hall–Kier alpha value is -2.02. The van der Waals surface area contributed by atoms with E-state index in [1.807, 2.05) is 25.1 Å². The van der Waals surface area contributed by atoms with Gasteiger partial charge in [-0.05, 0) is 24.6 Å². The monoisotopic (exact) mass is 276 g/mol. The molecule has 98 valence electrons. The van der Waals surface area contributed by atoms with Gasteiger partial charge in [-0.25, -0.2) is 0 Å². The average molecular weight is 276 g/mol. The van der Waals surface area contributed by atoms with E-state index in [0.29, 0.717) is 13.0 Å². The molecule has 1 N–H and O–H groups in total. The maximum Gasteiger partial charge on any atom is 0.264 e. The van der Waals surface area contributed by atoms with Gasteiger partial charge < -0.3 is 10.2 Å². The van der Waals surface area contributed by atoms with Gasteiger partial charge in [-0.15, -0.1) is 0 Å². The van der Waals surface area contributed by atoms with Gasteiger partial charge in [0.1, 0.15) is 11.0 Å². The topological polar surface area (TPSA) is 76.5 Å². The van der Waals surface area contributed by atoms with Crippen molar-refractivity contribution in [1.82, 2.24) is 14.1 Å². The maximum absolute atomic E-state index is 11.8. The Morgan fingerprint density at radius 3 is 3.11 bits per heavy atom. The molecule has 2 aromatic rings. The molecule has 6 nitrogen and oxygen atoms in total. The van der Waals surface area contributed by atoms with Crippen LogP contribution in [0.1, 0.15) is 18.9 Å². The smallest absolute Gasteiger partial charge is 0.264 e. The van der Waals surface area contributed by atoms with Crippen molar-refractivity contribution < 1.29 is 9.63 Å². The molecule has 3 rings (SSSR count). The summed E-state index contributed by atoms with van der Waals surface area (Å²) in [5.74, 6) is -0.142. The summed E-state index contributed by atoms with van der Waals surface area (Å²) in [6, 6.07) is 5.76. The largest absolute Gasteiger partial charge is 0.382 e. The number of carbonyl (C=O) groups excluding carboxylic acids is 1. The number of amides is 1. The minimum atomic E-state index is -0.496. The van der Waals surface area contributed by atoms with Gasteiger partial charge >= 0.3 is 0 Å². The summed E-state index contributed by atoms with van der Waals surface area (Å²) >= 11 is 1.18. The quantitative estimate of drug-likeness (QED) is 0.921. The van der Waals surface area contributed by atoms with Crippen LogP contribution >= 0.6 is 11.7 Å². The molecule has 1 aliphatic rings. The van der Waals surface area contributed by atoms with Gasteiger partial charge in [0.15, 0.2) is 0 Å². The highest BCUT2D eigenvalue weighted by molar-refractivity contribution is 7.00. The van der Waals surface area contributed by atoms with Gasteiger partial charge in [0, 0.05) is 13.0 Å². The molecule has 0 saturated carbocycles. The van der Waals surface area contributed by atoms with Crippen LogP contribution in [0.3, 0.4) is 0 Å². The van der Waals surface area contributed by atoms with Crippen LogP contribution in [0.2, 0.25) is 0 Å². The number of hydrogen-bond donors (Lipinski definition) is 1. The first-order chi connectivity index (χ1) is 9.22. The molecule has 1 aromatic heterocycles. The number of fused-ring (bicyclic) bond motifs is 1. The lowest BCUT2D eigenvalue weighted by Crippen LogP contribution is -2.34. The van der Waals surface area contributed by atoms with E-state index in [4.69, 9.17) is 4.84 Å². The van der Waals surface area contributed by atoms with Crippen LogP contribution in [0.4, 0.5) is 0 Å². The second kappa shape index (κ2) is 4.93. The van der Waals surface area contributed by atoms with Crippen LogP contribution in [0.25, 0.3) is 11.0 Å². The molecule has 2 heterocycles. The van der Waals surface area contributed by atoms with Crippen LogP contribution in [-0.2, 0) is 16.2 Å². The number of rotatable bonds is 3. The summed E-state index contributed by atoms with van der Waals surface area (Å²) in [6.07, 6.45) is 0.0607. The standard InChI is InChI=1S/C12H12N4O2S/c1-7-4-11(18-14-7)12(17)13-6-8-2-3-9-10(5-8)16-19-15-9/h2-3,5,11H,4,6H2,1H3,(H,13,17)/t11-/m1/s1. The van der Waals surface area contributed by atoms with E-state index in [-0.39, 0.29) is 5.91 Å². The summed E-state index contributed by atoms with van der Waals surface area (Å²) in [4.78, 5) is 16.9. The number of nitrogens with zero attached hydrogens (tertiary/aromatic N) is 3. The fraction of sp³-hybridized carbons (Fsp3) is 0.333. The third kappa shape index (κ3) is 2.55. The zero-order chi connectivity index (χ0) is 13.2. The molecule has 7 heteroatoms. The Bertz CT molecular complexity index is 652. The molecule has 0 spiro atoms. The highest BCUT2D eigenvalue weighted by Gasteiger charge is 2.25. The lowest BCUT2D eigenvalue weighted by molar-refractivity contribution is -0.131. The van der Waals surface area contributed by atoms with Gasteiger partial charge in [-0.1, -0.05) is 11.2 Å². The molecule has 1 aliphatic heterocycles. The lowest BCUT2D eigenvalue weighted by atomic mass is 10.1. The molecule has 0 saturated heterocycles.